The van der Waals surface area contributed by atoms with E-state index in [0.29, 0.717) is 26.2 Å². The SMILES string of the molecule is O=C(O)CN1CCN(CC(=O)O)CCN(CC(=O)N(CC(=O)O)C2CCCC2)CCN(CC(=O)O)CC1.[Gd]. The van der Waals surface area contributed by atoms with Crippen molar-refractivity contribution in [2.24, 2.45) is 0 Å². The van der Waals surface area contributed by atoms with Crippen LogP contribution in [0.1, 0.15) is 25.7 Å². The van der Waals surface area contributed by atoms with Crippen LogP contribution >= 0.6 is 0 Å². The molecule has 4 N–H and O–H groups in total. The number of nitrogens with zero attached hydrogens (tertiary/aromatic N) is 5. The summed E-state index contributed by atoms with van der Waals surface area (Å²) < 4.78 is 0. The third-order valence-electron chi connectivity index (χ3n) is 6.76. The molecule has 0 atom stereocenters. The Bertz CT molecular complexity index is 780. The molecule has 1 heterocycles. The molecule has 2 fully saturated rings. The van der Waals surface area contributed by atoms with Crippen molar-refractivity contribution in [3.8, 4) is 0 Å². The Morgan fingerprint density at radius 1 is 0.553 bits per heavy atom. The molecule has 0 aromatic carbocycles. The van der Waals surface area contributed by atoms with Gasteiger partial charge in [0.25, 0.3) is 0 Å². The van der Waals surface area contributed by atoms with Crippen molar-refractivity contribution in [1.29, 1.82) is 0 Å². The van der Waals surface area contributed by atoms with Gasteiger partial charge in [0.1, 0.15) is 6.54 Å². The van der Waals surface area contributed by atoms with Crippen LogP contribution in [0, 0.1) is 39.9 Å². The van der Waals surface area contributed by atoms with Gasteiger partial charge in [-0.3, -0.25) is 43.6 Å². The first kappa shape index (κ1) is 34.5. The maximum Gasteiger partial charge on any atom is 0.323 e. The van der Waals surface area contributed by atoms with Crippen LogP contribution in [0.5, 0.6) is 0 Å². The number of hydrogen-bond acceptors (Lipinski definition) is 9. The number of carbonyl (C=O) groups excluding carboxylic acids is 1. The molecule has 1 saturated heterocycles. The second kappa shape index (κ2) is 18.0. The second-order valence-corrected chi connectivity index (χ2v) is 9.64. The summed E-state index contributed by atoms with van der Waals surface area (Å²) in [4.78, 5) is 67.0. The molecule has 1 aliphatic carbocycles. The van der Waals surface area contributed by atoms with E-state index < -0.39 is 23.9 Å². The van der Waals surface area contributed by atoms with E-state index in [4.69, 9.17) is 0 Å². The molecule has 0 unspecified atom stereocenters. The average molecular weight is 687 g/mol. The van der Waals surface area contributed by atoms with E-state index >= 15 is 0 Å². The van der Waals surface area contributed by atoms with Gasteiger partial charge in [-0.05, 0) is 12.8 Å². The molecule has 2 aliphatic rings. The Balaban J connectivity index is 0.00000722. The quantitative estimate of drug-likeness (QED) is 0.194. The minimum absolute atomic E-state index is 0. The molecule has 1 saturated carbocycles. The van der Waals surface area contributed by atoms with Crippen LogP contribution in [0.25, 0.3) is 0 Å². The van der Waals surface area contributed by atoms with Gasteiger partial charge in [0.05, 0.1) is 26.2 Å². The fraction of sp³-hybridized carbons (Fsp3) is 0.783. The zero-order valence-electron chi connectivity index (χ0n) is 21.5. The minimum atomic E-state index is -1.08. The van der Waals surface area contributed by atoms with Crippen LogP contribution in [0.4, 0.5) is 0 Å². The van der Waals surface area contributed by atoms with Crippen LogP contribution in [0.2, 0.25) is 0 Å². The summed E-state index contributed by atoms with van der Waals surface area (Å²) in [5.74, 6) is -4.48. The van der Waals surface area contributed by atoms with Crippen molar-refractivity contribution in [3.05, 3.63) is 0 Å². The minimum Gasteiger partial charge on any atom is -0.480 e. The molecule has 15 heteroatoms. The molecule has 0 bridgehead atoms. The number of carbonyl (C=O) groups is 5. The largest absolute Gasteiger partial charge is 0.480 e. The maximum absolute atomic E-state index is 13.2. The molecule has 38 heavy (non-hydrogen) atoms. The third-order valence-corrected chi connectivity index (χ3v) is 6.76. The van der Waals surface area contributed by atoms with Gasteiger partial charge in [-0.1, -0.05) is 12.8 Å². The van der Waals surface area contributed by atoms with Gasteiger partial charge in [-0.15, -0.1) is 0 Å². The summed E-state index contributed by atoms with van der Waals surface area (Å²) in [7, 11) is 0. The topological polar surface area (TPSA) is 182 Å². The Kier molecular flexibility index (Phi) is 16.3. The predicted molar refractivity (Wildman–Crippen MR) is 130 cm³/mol. The first-order valence-electron chi connectivity index (χ1n) is 12.6. The zero-order chi connectivity index (χ0) is 27.4. The molecule has 2 rings (SSSR count). The van der Waals surface area contributed by atoms with Crippen molar-refractivity contribution >= 4 is 29.8 Å². The summed E-state index contributed by atoms with van der Waals surface area (Å²) in [6.45, 7) is 1.16. The maximum atomic E-state index is 13.2. The van der Waals surface area contributed by atoms with E-state index in [9.17, 15) is 44.4 Å². The van der Waals surface area contributed by atoms with E-state index in [2.05, 4.69) is 0 Å². The first-order chi connectivity index (χ1) is 17.5. The van der Waals surface area contributed by atoms with Gasteiger partial charge >= 0.3 is 23.9 Å². The van der Waals surface area contributed by atoms with E-state index in [1.807, 2.05) is 4.90 Å². The smallest absolute Gasteiger partial charge is 0.323 e. The first-order valence-corrected chi connectivity index (χ1v) is 12.6. The molecule has 1 amide bonds. The van der Waals surface area contributed by atoms with E-state index in [0.717, 1.165) is 25.7 Å². The molecule has 0 radical (unpaired) electrons. The molecular weight excluding hydrogens is 648 g/mol. The molecule has 14 nitrogen and oxygen atoms in total. The molecular formula is C23H39GdN5O9. The van der Waals surface area contributed by atoms with Gasteiger partial charge in [0.2, 0.25) is 5.91 Å². The summed E-state index contributed by atoms with van der Waals surface area (Å²) in [6.07, 6.45) is 3.38. The van der Waals surface area contributed by atoms with Crippen molar-refractivity contribution < 1.29 is 84.3 Å². The van der Waals surface area contributed by atoms with Crippen molar-refractivity contribution in [2.75, 3.05) is 85.1 Å². The Morgan fingerprint density at radius 2 is 0.868 bits per heavy atom. The fourth-order valence-electron chi connectivity index (χ4n) is 4.85. The molecule has 0 spiro atoms. The second-order valence-electron chi connectivity index (χ2n) is 9.64. The van der Waals surface area contributed by atoms with Gasteiger partial charge < -0.3 is 25.3 Å². The molecule has 0 aromatic rings. The normalized spacial score (nSPS) is 19.6. The predicted octanol–water partition coefficient (Wildman–Crippen LogP) is -1.68. The zero-order valence-corrected chi connectivity index (χ0v) is 23.8. The molecule has 0 aromatic heterocycles. The number of carboxylic acids is 4. The van der Waals surface area contributed by atoms with Gasteiger partial charge in [-0.25, -0.2) is 0 Å². The van der Waals surface area contributed by atoms with Gasteiger partial charge in [-0.2, -0.15) is 0 Å². The number of carboxylic acid groups (broad SMARTS) is 4. The van der Waals surface area contributed by atoms with Crippen LogP contribution in [0.15, 0.2) is 0 Å². The fourth-order valence-corrected chi connectivity index (χ4v) is 4.85. The molecule has 1 aliphatic heterocycles. The van der Waals surface area contributed by atoms with Crippen LogP contribution in [-0.2, 0) is 24.0 Å². The number of aliphatic carboxylic acids is 4. The number of rotatable bonds is 11. The summed E-state index contributed by atoms with van der Waals surface area (Å²) >= 11 is 0. The van der Waals surface area contributed by atoms with Gasteiger partial charge in [0.15, 0.2) is 0 Å². The van der Waals surface area contributed by atoms with Crippen LogP contribution in [0.3, 0.4) is 0 Å². The summed E-state index contributed by atoms with van der Waals surface area (Å²) in [5, 5.41) is 37.2. The average Bonchev–Trinajstić information content (AvgIpc) is 3.32. The van der Waals surface area contributed by atoms with E-state index in [-0.39, 0.29) is 111 Å². The third kappa shape index (κ3) is 13.5. The van der Waals surface area contributed by atoms with Crippen molar-refractivity contribution in [2.45, 2.75) is 31.7 Å². The summed E-state index contributed by atoms with van der Waals surface area (Å²) in [6, 6.07) is -0.122. The Morgan fingerprint density at radius 3 is 1.16 bits per heavy atom. The van der Waals surface area contributed by atoms with Crippen molar-refractivity contribution in [1.82, 2.24) is 24.5 Å². The standard InChI is InChI=1S/C23H39N5O9.Gd/c29-19(28(17-23(36)37)18-3-1-2-4-18)13-24-5-7-25(14-20(30)31)9-11-27(16-22(34)35)12-10-26(8-6-24)15-21(32)33;/h18H,1-17H2,(H,30,31)(H,32,33)(H,34,35)(H,36,37);. The Labute approximate surface area is 254 Å². The van der Waals surface area contributed by atoms with Crippen molar-refractivity contribution in [3.63, 3.8) is 0 Å². The number of hydrogen-bond donors (Lipinski definition) is 4. The Hall–Kier alpha value is -1.49. The molecule has 218 valence electrons. The van der Waals surface area contributed by atoms with Gasteiger partial charge in [0, 0.05) is 98.3 Å². The number of amides is 1. The van der Waals surface area contributed by atoms with Crippen LogP contribution in [-0.4, -0.2) is 166 Å². The van der Waals surface area contributed by atoms with Crippen LogP contribution < -0.4 is 0 Å². The monoisotopic (exact) mass is 687 g/mol. The van der Waals surface area contributed by atoms with E-state index in [1.165, 1.54) is 4.90 Å². The van der Waals surface area contributed by atoms with E-state index in [1.54, 1.807) is 14.7 Å². The summed E-state index contributed by atoms with van der Waals surface area (Å²) in [5.41, 5.74) is 0.